The Bertz CT molecular complexity index is 545. The molecule has 0 spiro atoms. The quantitative estimate of drug-likeness (QED) is 0.821. The fourth-order valence-corrected chi connectivity index (χ4v) is 2.06. The Labute approximate surface area is 101 Å². The molecular weight excluding hydrogens is 240 g/mol. The van der Waals surface area contributed by atoms with Gasteiger partial charge in [0.2, 0.25) is 0 Å². The van der Waals surface area contributed by atoms with E-state index in [0.717, 1.165) is 6.42 Å². The summed E-state index contributed by atoms with van der Waals surface area (Å²) in [5.74, 6) is 0.363. The lowest BCUT2D eigenvalue weighted by molar-refractivity contribution is 0.603. The molecule has 7 nitrogen and oxygen atoms in total. The summed E-state index contributed by atoms with van der Waals surface area (Å²) in [4.78, 5) is 11.4. The fourth-order valence-electron chi connectivity index (χ4n) is 1.28. The predicted molar refractivity (Wildman–Crippen MR) is 63.7 cm³/mol. The van der Waals surface area contributed by atoms with Crippen LogP contribution in [0.4, 0.5) is 5.82 Å². The van der Waals surface area contributed by atoms with Gasteiger partial charge in [-0.15, -0.1) is 15.3 Å². The zero-order valence-electron chi connectivity index (χ0n) is 9.25. The van der Waals surface area contributed by atoms with Crippen LogP contribution in [0.15, 0.2) is 27.1 Å². The number of hydrogen-bond acceptors (Lipinski definition) is 6. The number of aromatic amines is 1. The van der Waals surface area contributed by atoms with E-state index in [2.05, 4.69) is 20.4 Å². The molecule has 0 aliphatic heterocycles. The summed E-state index contributed by atoms with van der Waals surface area (Å²) < 4.78 is 1.57. The number of rotatable bonds is 4. The minimum Gasteiger partial charge on any atom is -0.382 e. The average molecular weight is 252 g/mol. The monoisotopic (exact) mass is 252 g/mol. The molecule has 0 atom stereocenters. The lowest BCUT2D eigenvalue weighted by atomic mass is 10.5. The van der Waals surface area contributed by atoms with Crippen LogP contribution in [0, 0.1) is 0 Å². The molecule has 0 amide bonds. The van der Waals surface area contributed by atoms with Crippen molar-refractivity contribution < 1.29 is 0 Å². The summed E-state index contributed by atoms with van der Waals surface area (Å²) in [6, 6.07) is 3.40. The number of anilines is 1. The van der Waals surface area contributed by atoms with Crippen molar-refractivity contribution in [3.8, 4) is 0 Å². The van der Waals surface area contributed by atoms with Crippen LogP contribution < -0.4 is 11.4 Å². The van der Waals surface area contributed by atoms with Crippen molar-refractivity contribution in [3.05, 3.63) is 22.6 Å². The summed E-state index contributed by atoms with van der Waals surface area (Å²) in [7, 11) is 0. The van der Waals surface area contributed by atoms with Gasteiger partial charge in [-0.05, 0) is 30.3 Å². The van der Waals surface area contributed by atoms with Crippen molar-refractivity contribution in [3.63, 3.8) is 0 Å². The van der Waals surface area contributed by atoms with E-state index in [-0.39, 0.29) is 5.69 Å². The molecule has 0 aliphatic carbocycles. The van der Waals surface area contributed by atoms with Crippen LogP contribution in [0.2, 0.25) is 0 Å². The zero-order chi connectivity index (χ0) is 12.3. The summed E-state index contributed by atoms with van der Waals surface area (Å²) in [5.41, 5.74) is 5.23. The van der Waals surface area contributed by atoms with Crippen LogP contribution in [0.5, 0.6) is 0 Å². The number of aromatic nitrogens is 5. The van der Waals surface area contributed by atoms with Gasteiger partial charge in [-0.3, -0.25) is 4.57 Å². The highest BCUT2D eigenvalue weighted by Crippen LogP contribution is 2.22. The first-order chi connectivity index (χ1) is 8.20. The van der Waals surface area contributed by atoms with Gasteiger partial charge in [0.25, 0.3) is 0 Å². The third-order valence-electron chi connectivity index (χ3n) is 2.03. The van der Waals surface area contributed by atoms with E-state index in [1.807, 2.05) is 6.92 Å². The lowest BCUT2D eigenvalue weighted by Gasteiger charge is -2.02. The van der Waals surface area contributed by atoms with Crippen LogP contribution in [-0.2, 0) is 6.54 Å². The Morgan fingerprint density at radius 3 is 2.94 bits per heavy atom. The van der Waals surface area contributed by atoms with Gasteiger partial charge in [0.15, 0.2) is 5.16 Å². The average Bonchev–Trinajstić information content (AvgIpc) is 2.65. The number of nitrogens with two attached hydrogens (primary N) is 1. The highest BCUT2D eigenvalue weighted by atomic mass is 32.2. The van der Waals surface area contributed by atoms with Crippen molar-refractivity contribution in [2.24, 2.45) is 0 Å². The molecule has 2 aromatic rings. The van der Waals surface area contributed by atoms with Gasteiger partial charge in [-0.2, -0.15) is 0 Å². The van der Waals surface area contributed by atoms with Crippen LogP contribution >= 0.6 is 11.8 Å². The highest BCUT2D eigenvalue weighted by molar-refractivity contribution is 7.99. The summed E-state index contributed by atoms with van der Waals surface area (Å²) in [6.07, 6.45) is 0.862. The molecule has 0 aromatic carbocycles. The van der Waals surface area contributed by atoms with Gasteiger partial charge in [0, 0.05) is 6.54 Å². The molecule has 2 heterocycles. The number of nitrogens with one attached hydrogen (secondary N) is 1. The molecule has 0 bridgehead atoms. The maximum Gasteiger partial charge on any atom is 0.343 e. The van der Waals surface area contributed by atoms with Crippen molar-refractivity contribution in [2.75, 3.05) is 5.73 Å². The third kappa shape index (κ3) is 2.64. The minimum atomic E-state index is -0.210. The van der Waals surface area contributed by atoms with E-state index in [0.29, 0.717) is 22.5 Å². The predicted octanol–water partition coefficient (Wildman–Crippen LogP) is 0.505. The van der Waals surface area contributed by atoms with Crippen molar-refractivity contribution in [1.82, 2.24) is 25.0 Å². The Balaban J connectivity index is 2.23. The molecular formula is C9H12N6OS. The van der Waals surface area contributed by atoms with E-state index in [1.54, 1.807) is 16.7 Å². The van der Waals surface area contributed by atoms with E-state index in [1.165, 1.54) is 11.8 Å². The van der Waals surface area contributed by atoms with Gasteiger partial charge < -0.3 is 5.73 Å². The molecule has 0 saturated heterocycles. The molecule has 0 aliphatic rings. The molecule has 2 rings (SSSR count). The molecule has 0 saturated carbocycles. The van der Waals surface area contributed by atoms with Gasteiger partial charge >= 0.3 is 5.69 Å². The maximum atomic E-state index is 11.4. The highest BCUT2D eigenvalue weighted by Gasteiger charge is 2.10. The second kappa shape index (κ2) is 5.00. The summed E-state index contributed by atoms with van der Waals surface area (Å²) in [5, 5.41) is 15.2. The Hall–Kier alpha value is -1.83. The second-order valence-corrected chi connectivity index (χ2v) is 4.35. The first-order valence-electron chi connectivity index (χ1n) is 5.13. The standard InChI is InChI=1S/C9H12N6OS/c1-2-5-15-8(16)13-14-9(15)17-7-4-3-6(10)11-12-7/h3-4H,2,5H2,1H3,(H2,10,11)(H,13,16). The van der Waals surface area contributed by atoms with Gasteiger partial charge in [0.1, 0.15) is 10.8 Å². The van der Waals surface area contributed by atoms with E-state index >= 15 is 0 Å². The zero-order valence-corrected chi connectivity index (χ0v) is 10.1. The molecule has 17 heavy (non-hydrogen) atoms. The normalized spacial score (nSPS) is 10.6. The van der Waals surface area contributed by atoms with E-state index < -0.39 is 0 Å². The molecule has 0 radical (unpaired) electrons. The molecule has 3 N–H and O–H groups in total. The molecule has 8 heteroatoms. The Kier molecular flexibility index (Phi) is 3.43. The number of nitrogens with zero attached hydrogens (tertiary/aromatic N) is 4. The van der Waals surface area contributed by atoms with Gasteiger partial charge in [0.05, 0.1) is 0 Å². The van der Waals surface area contributed by atoms with Crippen LogP contribution in [0.1, 0.15) is 13.3 Å². The van der Waals surface area contributed by atoms with E-state index in [4.69, 9.17) is 5.73 Å². The second-order valence-electron chi connectivity index (χ2n) is 3.36. The fraction of sp³-hybridized carbons (Fsp3) is 0.333. The smallest absolute Gasteiger partial charge is 0.343 e. The van der Waals surface area contributed by atoms with Crippen LogP contribution in [0.3, 0.4) is 0 Å². The van der Waals surface area contributed by atoms with Gasteiger partial charge in [-0.25, -0.2) is 9.89 Å². The molecule has 2 aromatic heterocycles. The van der Waals surface area contributed by atoms with Gasteiger partial charge in [-0.1, -0.05) is 6.92 Å². The summed E-state index contributed by atoms with van der Waals surface area (Å²) >= 11 is 1.28. The lowest BCUT2D eigenvalue weighted by Crippen LogP contribution is -2.17. The van der Waals surface area contributed by atoms with Crippen molar-refractivity contribution >= 4 is 17.6 Å². The minimum absolute atomic E-state index is 0.210. The Morgan fingerprint density at radius 2 is 2.29 bits per heavy atom. The van der Waals surface area contributed by atoms with Crippen LogP contribution in [0.25, 0.3) is 0 Å². The maximum absolute atomic E-state index is 11.4. The number of nitrogen functional groups attached to an aromatic ring is 1. The summed E-state index contributed by atoms with van der Waals surface area (Å²) in [6.45, 7) is 2.62. The first-order valence-corrected chi connectivity index (χ1v) is 5.94. The molecule has 0 fully saturated rings. The topological polar surface area (TPSA) is 102 Å². The van der Waals surface area contributed by atoms with Crippen molar-refractivity contribution in [2.45, 2.75) is 30.1 Å². The molecule has 90 valence electrons. The third-order valence-corrected chi connectivity index (χ3v) is 2.95. The SMILES string of the molecule is CCCn1c(Sc2ccc(N)nn2)n[nH]c1=O. The largest absolute Gasteiger partial charge is 0.382 e. The number of hydrogen-bond donors (Lipinski definition) is 2. The van der Waals surface area contributed by atoms with Crippen molar-refractivity contribution in [1.29, 1.82) is 0 Å². The number of H-pyrrole nitrogens is 1. The molecule has 0 unspecified atom stereocenters. The Morgan fingerprint density at radius 1 is 1.47 bits per heavy atom. The van der Waals surface area contributed by atoms with E-state index in [9.17, 15) is 4.79 Å². The van der Waals surface area contributed by atoms with Crippen LogP contribution in [-0.4, -0.2) is 25.0 Å². The first kappa shape index (κ1) is 11.6.